The smallest absolute Gasteiger partial charge is 0.253 e. The molecule has 2 aromatic rings. The number of aliphatic hydroxyl groups is 1. The van der Waals surface area contributed by atoms with Crippen molar-refractivity contribution < 1.29 is 9.90 Å². The molecule has 30 heavy (non-hydrogen) atoms. The summed E-state index contributed by atoms with van der Waals surface area (Å²) in [6.07, 6.45) is -0.531. The molecule has 3 atom stereocenters. The van der Waals surface area contributed by atoms with Crippen LogP contribution in [0, 0.1) is 0 Å². The fourth-order valence-corrected chi connectivity index (χ4v) is 4.71. The summed E-state index contributed by atoms with van der Waals surface area (Å²) >= 11 is 11.9. The van der Waals surface area contributed by atoms with Gasteiger partial charge in [-0.15, -0.1) is 0 Å². The fourth-order valence-electron chi connectivity index (χ4n) is 4.45. The number of halogens is 2. The van der Waals surface area contributed by atoms with Gasteiger partial charge in [0.25, 0.3) is 5.91 Å². The zero-order chi connectivity index (χ0) is 21.3. The Hall–Kier alpha value is -1.63. The molecule has 0 aromatic heterocycles. The van der Waals surface area contributed by atoms with Gasteiger partial charge < -0.3 is 10.0 Å². The van der Waals surface area contributed by atoms with E-state index in [1.807, 2.05) is 12.1 Å². The summed E-state index contributed by atoms with van der Waals surface area (Å²) in [5.74, 6) is -0.0531. The molecule has 1 N–H and O–H groups in total. The predicted molar refractivity (Wildman–Crippen MR) is 120 cm³/mol. The Balaban J connectivity index is 1.35. The Morgan fingerprint density at radius 2 is 1.60 bits per heavy atom. The van der Waals surface area contributed by atoms with Crippen LogP contribution in [-0.4, -0.2) is 76.6 Å². The first-order chi connectivity index (χ1) is 14.4. The van der Waals surface area contributed by atoms with Crippen LogP contribution >= 0.6 is 23.2 Å². The molecular weight excluding hydrogens is 421 g/mol. The normalized spacial score (nSPS) is 25.6. The van der Waals surface area contributed by atoms with Gasteiger partial charge in [-0.2, -0.15) is 0 Å². The Kier molecular flexibility index (Phi) is 6.66. The fraction of sp³-hybridized carbons (Fsp3) is 0.435. The van der Waals surface area contributed by atoms with E-state index in [-0.39, 0.29) is 11.9 Å². The second-order valence-electron chi connectivity index (χ2n) is 8.29. The number of aliphatic hydroxyl groups excluding tert-OH is 1. The second-order valence-corrected chi connectivity index (χ2v) is 9.17. The highest BCUT2D eigenvalue weighted by molar-refractivity contribution is 6.30. The van der Waals surface area contributed by atoms with Gasteiger partial charge in [-0.25, -0.2) is 0 Å². The van der Waals surface area contributed by atoms with E-state index in [0.717, 1.165) is 31.2 Å². The molecule has 160 valence electrons. The maximum atomic E-state index is 12.8. The van der Waals surface area contributed by atoms with Crippen LogP contribution in [0.25, 0.3) is 0 Å². The lowest BCUT2D eigenvalue weighted by Gasteiger charge is -2.43. The van der Waals surface area contributed by atoms with Gasteiger partial charge in [0.05, 0.1) is 12.1 Å². The van der Waals surface area contributed by atoms with Crippen LogP contribution in [0.1, 0.15) is 22.8 Å². The lowest BCUT2D eigenvalue weighted by atomic mass is 10.1. The third kappa shape index (κ3) is 4.82. The van der Waals surface area contributed by atoms with Gasteiger partial charge in [-0.05, 0) is 48.9 Å². The van der Waals surface area contributed by atoms with Gasteiger partial charge >= 0.3 is 0 Å². The number of rotatable bonds is 4. The summed E-state index contributed by atoms with van der Waals surface area (Å²) in [6, 6.07) is 15.3. The van der Waals surface area contributed by atoms with Crippen LogP contribution in [0.3, 0.4) is 0 Å². The SMILES string of the molecule is C[C@@H]1CN(C2CN(C(=O)c3ccc(Cl)cc3)CC2O)CCN1Cc1ccc(Cl)cc1. The summed E-state index contributed by atoms with van der Waals surface area (Å²) in [5, 5.41) is 12.0. The number of β-amino-alcohol motifs (C(OH)–C–C–N with tert-alkyl or cyclic N) is 1. The average Bonchev–Trinajstić information content (AvgIpc) is 3.13. The van der Waals surface area contributed by atoms with Crippen molar-refractivity contribution in [3.63, 3.8) is 0 Å². The van der Waals surface area contributed by atoms with Crippen LogP contribution in [0.15, 0.2) is 48.5 Å². The highest BCUT2D eigenvalue weighted by Crippen LogP contribution is 2.23. The van der Waals surface area contributed by atoms with E-state index < -0.39 is 6.10 Å². The highest BCUT2D eigenvalue weighted by Gasteiger charge is 2.40. The minimum Gasteiger partial charge on any atom is -0.390 e. The molecule has 0 aliphatic carbocycles. The van der Waals surface area contributed by atoms with Crippen molar-refractivity contribution in [2.75, 3.05) is 32.7 Å². The number of carbonyl (C=O) groups excluding carboxylic acids is 1. The van der Waals surface area contributed by atoms with Gasteiger partial charge in [-0.1, -0.05) is 35.3 Å². The zero-order valence-electron chi connectivity index (χ0n) is 17.0. The lowest BCUT2D eigenvalue weighted by Crippen LogP contribution is -2.57. The summed E-state index contributed by atoms with van der Waals surface area (Å²) in [4.78, 5) is 19.4. The molecule has 2 fully saturated rings. The van der Waals surface area contributed by atoms with E-state index in [2.05, 4.69) is 28.9 Å². The number of amides is 1. The molecule has 2 aliphatic rings. The lowest BCUT2D eigenvalue weighted by molar-refractivity contribution is 0.0172. The first-order valence-corrected chi connectivity index (χ1v) is 11.1. The number of likely N-dealkylation sites (tertiary alicyclic amines) is 1. The number of benzene rings is 2. The second kappa shape index (κ2) is 9.25. The molecule has 0 radical (unpaired) electrons. The molecule has 4 rings (SSSR count). The van der Waals surface area contributed by atoms with Crippen molar-refractivity contribution in [1.29, 1.82) is 0 Å². The number of hydrogen-bond donors (Lipinski definition) is 1. The standard InChI is InChI=1S/C23H27Cl2N3O2/c1-16-12-27(11-10-26(16)13-17-2-6-19(24)7-3-17)21-14-28(15-22(21)29)23(30)18-4-8-20(25)9-5-18/h2-9,16,21-22,29H,10-15H2,1H3/t16-,21?,22?/m1/s1. The minimum atomic E-state index is -0.531. The average molecular weight is 448 g/mol. The number of piperazine rings is 1. The van der Waals surface area contributed by atoms with E-state index in [0.29, 0.717) is 29.7 Å². The van der Waals surface area contributed by atoms with E-state index >= 15 is 0 Å². The molecule has 7 heteroatoms. The quantitative estimate of drug-likeness (QED) is 0.779. The zero-order valence-corrected chi connectivity index (χ0v) is 18.6. The van der Waals surface area contributed by atoms with Crippen LogP contribution < -0.4 is 0 Å². The summed E-state index contributed by atoms with van der Waals surface area (Å²) in [7, 11) is 0. The third-order valence-corrected chi connectivity index (χ3v) is 6.71. The van der Waals surface area contributed by atoms with Gasteiger partial charge in [0, 0.05) is 60.9 Å². The van der Waals surface area contributed by atoms with Crippen molar-refractivity contribution in [2.24, 2.45) is 0 Å². The van der Waals surface area contributed by atoms with Gasteiger partial charge in [0.15, 0.2) is 0 Å². The monoisotopic (exact) mass is 447 g/mol. The van der Waals surface area contributed by atoms with Gasteiger partial charge in [0.1, 0.15) is 0 Å². The van der Waals surface area contributed by atoms with Crippen molar-refractivity contribution in [3.05, 3.63) is 69.7 Å². The predicted octanol–water partition coefficient (Wildman–Crippen LogP) is 3.39. The van der Waals surface area contributed by atoms with Crippen molar-refractivity contribution >= 4 is 29.1 Å². The molecule has 1 amide bonds. The third-order valence-electron chi connectivity index (χ3n) is 6.20. The molecule has 2 aromatic carbocycles. The first-order valence-electron chi connectivity index (χ1n) is 10.4. The van der Waals surface area contributed by atoms with Crippen LogP contribution in [0.2, 0.25) is 10.0 Å². The Labute approximate surface area is 187 Å². The van der Waals surface area contributed by atoms with Gasteiger partial charge in [0.2, 0.25) is 0 Å². The molecule has 2 unspecified atom stereocenters. The molecule has 5 nitrogen and oxygen atoms in total. The maximum absolute atomic E-state index is 12.8. The molecule has 2 aliphatic heterocycles. The summed E-state index contributed by atoms with van der Waals surface area (Å²) in [6.45, 7) is 6.71. The van der Waals surface area contributed by atoms with Crippen LogP contribution in [-0.2, 0) is 6.54 Å². The molecule has 0 spiro atoms. The molecule has 2 heterocycles. The largest absolute Gasteiger partial charge is 0.390 e. The molecule has 0 saturated carbocycles. The van der Waals surface area contributed by atoms with E-state index in [9.17, 15) is 9.90 Å². The first kappa shape index (κ1) is 21.6. The molecule has 2 saturated heterocycles. The Morgan fingerprint density at radius 1 is 0.967 bits per heavy atom. The number of hydrogen-bond acceptors (Lipinski definition) is 4. The topological polar surface area (TPSA) is 47.0 Å². The van der Waals surface area contributed by atoms with E-state index in [1.54, 1.807) is 29.2 Å². The Morgan fingerprint density at radius 3 is 2.23 bits per heavy atom. The van der Waals surface area contributed by atoms with E-state index in [4.69, 9.17) is 23.2 Å². The van der Waals surface area contributed by atoms with Gasteiger partial charge in [-0.3, -0.25) is 14.6 Å². The van der Waals surface area contributed by atoms with Crippen molar-refractivity contribution in [1.82, 2.24) is 14.7 Å². The highest BCUT2D eigenvalue weighted by atomic mass is 35.5. The van der Waals surface area contributed by atoms with E-state index in [1.165, 1.54) is 5.56 Å². The minimum absolute atomic E-state index is 0.0265. The van der Waals surface area contributed by atoms with Crippen LogP contribution in [0.5, 0.6) is 0 Å². The van der Waals surface area contributed by atoms with Crippen molar-refractivity contribution in [2.45, 2.75) is 31.7 Å². The Bertz CT molecular complexity index is 875. The summed E-state index contributed by atoms with van der Waals surface area (Å²) in [5.41, 5.74) is 1.86. The molecule has 0 bridgehead atoms. The van der Waals surface area contributed by atoms with Crippen LogP contribution in [0.4, 0.5) is 0 Å². The number of nitrogens with zero attached hydrogens (tertiary/aromatic N) is 3. The number of carbonyl (C=O) groups is 1. The molecular formula is C23H27Cl2N3O2. The maximum Gasteiger partial charge on any atom is 0.253 e. The van der Waals surface area contributed by atoms with Crippen molar-refractivity contribution in [3.8, 4) is 0 Å². The summed E-state index contributed by atoms with van der Waals surface area (Å²) < 4.78 is 0.